The van der Waals surface area contributed by atoms with Gasteiger partial charge in [0.15, 0.2) is 6.23 Å². The first-order valence-corrected chi connectivity index (χ1v) is 8.56. The molecule has 0 spiro atoms. The third-order valence-electron chi connectivity index (χ3n) is 4.58. The van der Waals surface area contributed by atoms with Crippen LogP contribution in [0.1, 0.15) is 18.7 Å². The highest BCUT2D eigenvalue weighted by Gasteiger charge is 2.20. The fraction of sp³-hybridized carbons (Fsp3) is 0.182. The Morgan fingerprint density at radius 2 is 1.36 bits per heavy atom. The first-order valence-electron chi connectivity index (χ1n) is 8.56. The summed E-state index contributed by atoms with van der Waals surface area (Å²) in [4.78, 5) is 0. The molecule has 0 aliphatic heterocycles. The second-order valence-electron chi connectivity index (χ2n) is 5.99. The van der Waals surface area contributed by atoms with Crippen LogP contribution in [0.25, 0.3) is 21.8 Å². The first kappa shape index (κ1) is 15.7. The van der Waals surface area contributed by atoms with E-state index in [0.717, 1.165) is 11.3 Å². The largest absolute Gasteiger partial charge is 0.497 e. The van der Waals surface area contributed by atoms with Crippen molar-refractivity contribution in [2.75, 3.05) is 13.7 Å². The van der Waals surface area contributed by atoms with E-state index in [1.54, 1.807) is 7.11 Å². The molecule has 1 atom stereocenters. The van der Waals surface area contributed by atoms with Crippen LogP contribution in [-0.4, -0.2) is 18.3 Å². The Kier molecular flexibility index (Phi) is 4.16. The topological polar surface area (TPSA) is 23.4 Å². The van der Waals surface area contributed by atoms with E-state index in [0.29, 0.717) is 6.61 Å². The molecule has 1 aromatic heterocycles. The maximum Gasteiger partial charge on any atom is 0.160 e. The second kappa shape index (κ2) is 6.61. The number of aromatic nitrogens is 1. The monoisotopic (exact) mass is 331 g/mol. The highest BCUT2D eigenvalue weighted by molar-refractivity contribution is 6.08. The summed E-state index contributed by atoms with van der Waals surface area (Å²) >= 11 is 0. The highest BCUT2D eigenvalue weighted by atomic mass is 16.5. The van der Waals surface area contributed by atoms with Gasteiger partial charge in [-0.15, -0.1) is 0 Å². The molecule has 0 bridgehead atoms. The summed E-state index contributed by atoms with van der Waals surface area (Å²) in [5.41, 5.74) is 3.46. The van der Waals surface area contributed by atoms with Gasteiger partial charge in [-0.1, -0.05) is 48.5 Å². The van der Waals surface area contributed by atoms with Gasteiger partial charge in [0, 0.05) is 22.9 Å². The van der Waals surface area contributed by atoms with Crippen molar-refractivity contribution in [2.45, 2.75) is 13.2 Å². The molecule has 0 aliphatic rings. The van der Waals surface area contributed by atoms with Crippen molar-refractivity contribution in [3.63, 3.8) is 0 Å². The molecule has 0 fully saturated rings. The number of methoxy groups -OCH3 is 1. The summed E-state index contributed by atoms with van der Waals surface area (Å²) in [6, 6.07) is 25.1. The molecule has 0 saturated heterocycles. The van der Waals surface area contributed by atoms with Crippen LogP contribution in [0.2, 0.25) is 0 Å². The van der Waals surface area contributed by atoms with Crippen LogP contribution in [0.5, 0.6) is 5.75 Å². The van der Waals surface area contributed by atoms with Crippen molar-refractivity contribution in [1.82, 2.24) is 4.57 Å². The molecule has 0 aliphatic carbocycles. The minimum atomic E-state index is -0.180. The fourth-order valence-electron chi connectivity index (χ4n) is 3.45. The lowest BCUT2D eigenvalue weighted by atomic mass is 10.2. The number of nitrogens with zero attached hydrogens (tertiary/aromatic N) is 1. The number of para-hydroxylation sites is 2. The van der Waals surface area contributed by atoms with Gasteiger partial charge < -0.3 is 14.0 Å². The normalized spacial score (nSPS) is 12.6. The Bertz CT molecular complexity index is 948. The maximum atomic E-state index is 6.18. The number of fused-ring (bicyclic) bond motifs is 3. The lowest BCUT2D eigenvalue weighted by Crippen LogP contribution is -2.14. The second-order valence-corrected chi connectivity index (χ2v) is 5.99. The van der Waals surface area contributed by atoms with E-state index >= 15 is 0 Å². The number of benzene rings is 3. The molecule has 0 N–H and O–H groups in total. The molecule has 0 saturated carbocycles. The van der Waals surface area contributed by atoms with Crippen LogP contribution in [-0.2, 0) is 4.74 Å². The van der Waals surface area contributed by atoms with E-state index < -0.39 is 0 Å². The van der Waals surface area contributed by atoms with Gasteiger partial charge in [0.1, 0.15) is 5.75 Å². The summed E-state index contributed by atoms with van der Waals surface area (Å²) in [7, 11) is 1.68. The molecular weight excluding hydrogens is 310 g/mol. The molecule has 4 rings (SSSR count). The SMILES string of the molecule is CCO[C@H](c1ccc(OC)cc1)n1c2ccccc2c2ccccc21. The van der Waals surface area contributed by atoms with Crippen molar-refractivity contribution >= 4 is 21.8 Å². The van der Waals surface area contributed by atoms with Gasteiger partial charge in [0.2, 0.25) is 0 Å². The Morgan fingerprint density at radius 3 is 1.88 bits per heavy atom. The number of hydrogen-bond donors (Lipinski definition) is 0. The van der Waals surface area contributed by atoms with Crippen molar-refractivity contribution in [1.29, 1.82) is 0 Å². The third kappa shape index (κ3) is 2.67. The summed E-state index contributed by atoms with van der Waals surface area (Å²) in [6.07, 6.45) is -0.180. The van der Waals surface area contributed by atoms with E-state index in [1.807, 2.05) is 19.1 Å². The van der Waals surface area contributed by atoms with E-state index in [9.17, 15) is 0 Å². The zero-order chi connectivity index (χ0) is 17.2. The Hall–Kier alpha value is -2.78. The van der Waals surface area contributed by atoms with Gasteiger partial charge in [-0.3, -0.25) is 0 Å². The van der Waals surface area contributed by atoms with E-state index in [4.69, 9.17) is 9.47 Å². The molecule has 3 aromatic carbocycles. The van der Waals surface area contributed by atoms with Crippen molar-refractivity contribution < 1.29 is 9.47 Å². The molecular formula is C22H21NO2. The summed E-state index contributed by atoms with van der Waals surface area (Å²) in [6.45, 7) is 2.67. The van der Waals surface area contributed by atoms with E-state index in [2.05, 4.69) is 65.2 Å². The predicted molar refractivity (Wildman–Crippen MR) is 102 cm³/mol. The number of hydrogen-bond acceptors (Lipinski definition) is 2. The van der Waals surface area contributed by atoms with Gasteiger partial charge in [0.05, 0.1) is 18.1 Å². The minimum absolute atomic E-state index is 0.180. The number of rotatable bonds is 5. The van der Waals surface area contributed by atoms with Crippen molar-refractivity contribution in [3.8, 4) is 5.75 Å². The molecule has 126 valence electrons. The first-order chi connectivity index (χ1) is 12.3. The average Bonchev–Trinajstić information content (AvgIpc) is 3.01. The van der Waals surface area contributed by atoms with Gasteiger partial charge in [-0.05, 0) is 31.2 Å². The zero-order valence-corrected chi connectivity index (χ0v) is 14.5. The minimum Gasteiger partial charge on any atom is -0.497 e. The van der Waals surface area contributed by atoms with Gasteiger partial charge in [0.25, 0.3) is 0 Å². The third-order valence-corrected chi connectivity index (χ3v) is 4.58. The molecule has 0 amide bonds. The van der Waals surface area contributed by atoms with E-state index in [-0.39, 0.29) is 6.23 Å². The Labute approximate surface area is 147 Å². The van der Waals surface area contributed by atoms with Crippen LogP contribution < -0.4 is 4.74 Å². The summed E-state index contributed by atoms with van der Waals surface area (Å²) in [5, 5.41) is 2.49. The standard InChI is InChI=1S/C22H21NO2/c1-3-25-22(16-12-14-17(24-2)15-13-16)23-20-10-6-4-8-18(20)19-9-5-7-11-21(19)23/h4-15,22H,3H2,1-2H3/t22-/m1/s1. The lowest BCUT2D eigenvalue weighted by Gasteiger charge is -2.22. The fourth-order valence-corrected chi connectivity index (χ4v) is 3.45. The molecule has 1 heterocycles. The van der Waals surface area contributed by atoms with Gasteiger partial charge >= 0.3 is 0 Å². The highest BCUT2D eigenvalue weighted by Crippen LogP contribution is 2.35. The average molecular weight is 331 g/mol. The molecule has 25 heavy (non-hydrogen) atoms. The molecule has 3 heteroatoms. The van der Waals surface area contributed by atoms with Gasteiger partial charge in [-0.25, -0.2) is 0 Å². The van der Waals surface area contributed by atoms with Crippen molar-refractivity contribution in [2.24, 2.45) is 0 Å². The maximum absolute atomic E-state index is 6.18. The zero-order valence-electron chi connectivity index (χ0n) is 14.5. The summed E-state index contributed by atoms with van der Waals surface area (Å²) < 4.78 is 13.8. The Morgan fingerprint density at radius 1 is 0.800 bits per heavy atom. The van der Waals surface area contributed by atoms with Crippen LogP contribution in [0.4, 0.5) is 0 Å². The lowest BCUT2D eigenvalue weighted by molar-refractivity contribution is 0.0470. The molecule has 4 aromatic rings. The molecule has 0 unspecified atom stereocenters. The van der Waals surface area contributed by atoms with Crippen LogP contribution in [0.3, 0.4) is 0 Å². The predicted octanol–water partition coefficient (Wildman–Crippen LogP) is 5.39. The van der Waals surface area contributed by atoms with Crippen molar-refractivity contribution in [3.05, 3.63) is 78.4 Å². The van der Waals surface area contributed by atoms with E-state index in [1.165, 1.54) is 21.8 Å². The smallest absolute Gasteiger partial charge is 0.160 e. The van der Waals surface area contributed by atoms with Crippen LogP contribution in [0, 0.1) is 0 Å². The molecule has 0 radical (unpaired) electrons. The Balaban J connectivity index is 1.97. The number of ether oxygens (including phenoxy) is 2. The van der Waals surface area contributed by atoms with Crippen LogP contribution >= 0.6 is 0 Å². The van der Waals surface area contributed by atoms with Crippen LogP contribution in [0.15, 0.2) is 72.8 Å². The quantitative estimate of drug-likeness (QED) is 0.490. The molecule has 3 nitrogen and oxygen atoms in total. The van der Waals surface area contributed by atoms with Gasteiger partial charge in [-0.2, -0.15) is 0 Å². The summed E-state index contributed by atoms with van der Waals surface area (Å²) in [5.74, 6) is 0.848.